The number of aromatic amines is 1. The van der Waals surface area contributed by atoms with Crippen LogP contribution in [0, 0.1) is 0 Å². The SMILES string of the molecule is CC(C)N1CCN(C(=O)c2ccc3c(CN4CCCOCC4)c[nH]c3c2)CC1. The maximum atomic E-state index is 13.0. The van der Waals surface area contributed by atoms with Crippen molar-refractivity contribution in [3.8, 4) is 0 Å². The van der Waals surface area contributed by atoms with Crippen LogP contribution in [0.5, 0.6) is 0 Å². The smallest absolute Gasteiger partial charge is 0.254 e. The number of carbonyl (C=O) groups excluding carboxylic acids is 1. The molecule has 1 N–H and O–H groups in total. The number of rotatable bonds is 4. The highest BCUT2D eigenvalue weighted by molar-refractivity contribution is 5.98. The summed E-state index contributed by atoms with van der Waals surface area (Å²) < 4.78 is 5.56. The molecule has 2 aromatic rings. The van der Waals surface area contributed by atoms with Crippen molar-refractivity contribution in [2.75, 3.05) is 52.5 Å². The number of benzene rings is 1. The van der Waals surface area contributed by atoms with Crippen molar-refractivity contribution >= 4 is 16.8 Å². The van der Waals surface area contributed by atoms with E-state index in [1.54, 1.807) is 0 Å². The molecule has 1 aromatic heterocycles. The zero-order valence-electron chi connectivity index (χ0n) is 17.1. The van der Waals surface area contributed by atoms with Gasteiger partial charge in [0.25, 0.3) is 5.91 Å². The van der Waals surface area contributed by atoms with Crippen LogP contribution in [0.2, 0.25) is 0 Å². The van der Waals surface area contributed by atoms with Crippen LogP contribution in [0.4, 0.5) is 0 Å². The second-order valence-corrected chi connectivity index (χ2v) is 8.24. The van der Waals surface area contributed by atoms with Gasteiger partial charge < -0.3 is 14.6 Å². The molecule has 0 bridgehead atoms. The van der Waals surface area contributed by atoms with Crippen molar-refractivity contribution in [2.24, 2.45) is 0 Å². The van der Waals surface area contributed by atoms with Gasteiger partial charge in [-0.05, 0) is 38.0 Å². The number of H-pyrrole nitrogens is 1. The Morgan fingerprint density at radius 1 is 1.11 bits per heavy atom. The molecule has 2 fully saturated rings. The van der Waals surface area contributed by atoms with E-state index in [0.29, 0.717) is 6.04 Å². The molecule has 28 heavy (non-hydrogen) atoms. The summed E-state index contributed by atoms with van der Waals surface area (Å²) in [5, 5.41) is 1.21. The van der Waals surface area contributed by atoms with E-state index in [1.807, 2.05) is 17.0 Å². The molecule has 0 radical (unpaired) electrons. The zero-order valence-corrected chi connectivity index (χ0v) is 17.1. The van der Waals surface area contributed by atoms with Gasteiger partial charge in [-0.3, -0.25) is 14.6 Å². The molecule has 2 aliphatic heterocycles. The zero-order chi connectivity index (χ0) is 19.5. The lowest BCUT2D eigenvalue weighted by atomic mass is 10.1. The molecule has 0 aliphatic carbocycles. The number of nitrogens with zero attached hydrogens (tertiary/aromatic N) is 3. The van der Waals surface area contributed by atoms with Crippen LogP contribution in [0.1, 0.15) is 36.2 Å². The third-order valence-corrected chi connectivity index (χ3v) is 6.05. The van der Waals surface area contributed by atoms with Crippen molar-refractivity contribution in [3.05, 3.63) is 35.5 Å². The van der Waals surface area contributed by atoms with Gasteiger partial charge in [0.15, 0.2) is 0 Å². The molecule has 4 rings (SSSR count). The first kappa shape index (κ1) is 19.4. The predicted molar refractivity (Wildman–Crippen MR) is 112 cm³/mol. The van der Waals surface area contributed by atoms with Crippen LogP contribution in [0.25, 0.3) is 10.9 Å². The van der Waals surface area contributed by atoms with Crippen molar-refractivity contribution in [1.29, 1.82) is 0 Å². The molecule has 1 aromatic carbocycles. The van der Waals surface area contributed by atoms with Crippen LogP contribution in [-0.2, 0) is 11.3 Å². The first-order chi connectivity index (χ1) is 13.6. The summed E-state index contributed by atoms with van der Waals surface area (Å²) >= 11 is 0. The molecule has 1 amide bonds. The van der Waals surface area contributed by atoms with Gasteiger partial charge in [0.1, 0.15) is 0 Å². The van der Waals surface area contributed by atoms with Gasteiger partial charge in [0.05, 0.1) is 6.61 Å². The number of fused-ring (bicyclic) bond motifs is 1. The number of carbonyl (C=O) groups is 1. The first-order valence-corrected chi connectivity index (χ1v) is 10.6. The summed E-state index contributed by atoms with van der Waals surface area (Å²) in [5.41, 5.74) is 3.12. The molecule has 0 unspecified atom stereocenters. The highest BCUT2D eigenvalue weighted by Gasteiger charge is 2.23. The molecule has 2 aliphatic rings. The summed E-state index contributed by atoms with van der Waals surface area (Å²) in [5.74, 6) is 0.145. The van der Waals surface area contributed by atoms with E-state index >= 15 is 0 Å². The number of amides is 1. The Labute approximate surface area is 167 Å². The van der Waals surface area contributed by atoms with Crippen LogP contribution < -0.4 is 0 Å². The second-order valence-electron chi connectivity index (χ2n) is 8.24. The maximum Gasteiger partial charge on any atom is 0.254 e. The maximum absolute atomic E-state index is 13.0. The van der Waals surface area contributed by atoms with E-state index in [-0.39, 0.29) is 5.91 Å². The fraction of sp³-hybridized carbons (Fsp3) is 0.591. The minimum atomic E-state index is 0.145. The Hall–Kier alpha value is -1.89. The normalized spacial score (nSPS) is 20.0. The van der Waals surface area contributed by atoms with E-state index < -0.39 is 0 Å². The number of nitrogens with one attached hydrogen (secondary N) is 1. The van der Waals surface area contributed by atoms with Crippen molar-refractivity contribution in [2.45, 2.75) is 32.9 Å². The number of ether oxygens (including phenoxy) is 1. The average molecular weight is 385 g/mol. The van der Waals surface area contributed by atoms with Crippen LogP contribution >= 0.6 is 0 Å². The van der Waals surface area contributed by atoms with E-state index in [1.165, 1.54) is 10.9 Å². The van der Waals surface area contributed by atoms with Crippen LogP contribution in [0.3, 0.4) is 0 Å². The van der Waals surface area contributed by atoms with Gasteiger partial charge in [-0.15, -0.1) is 0 Å². The van der Waals surface area contributed by atoms with E-state index in [9.17, 15) is 4.79 Å². The Kier molecular flexibility index (Phi) is 5.99. The third kappa shape index (κ3) is 4.24. The van der Waals surface area contributed by atoms with Crippen LogP contribution in [-0.4, -0.2) is 84.1 Å². The molecule has 6 heteroatoms. The first-order valence-electron chi connectivity index (χ1n) is 10.6. The Balaban J connectivity index is 1.44. The lowest BCUT2D eigenvalue weighted by molar-refractivity contribution is 0.0595. The topological polar surface area (TPSA) is 51.8 Å². The molecule has 0 saturated carbocycles. The fourth-order valence-electron chi connectivity index (χ4n) is 4.27. The van der Waals surface area contributed by atoms with Crippen molar-refractivity contribution in [1.82, 2.24) is 19.7 Å². The Morgan fingerprint density at radius 2 is 1.93 bits per heavy atom. The summed E-state index contributed by atoms with van der Waals surface area (Å²) in [6, 6.07) is 6.65. The number of hydrogen-bond donors (Lipinski definition) is 1. The molecule has 0 atom stereocenters. The van der Waals surface area contributed by atoms with Gasteiger partial charge in [-0.25, -0.2) is 0 Å². The Bertz CT molecular complexity index is 800. The summed E-state index contributed by atoms with van der Waals surface area (Å²) in [4.78, 5) is 23.2. The molecule has 6 nitrogen and oxygen atoms in total. The van der Waals surface area contributed by atoms with Gasteiger partial charge in [0, 0.05) is 81.1 Å². The molecular formula is C22H32N4O2. The quantitative estimate of drug-likeness (QED) is 0.880. The predicted octanol–water partition coefficient (Wildman–Crippen LogP) is 2.56. The number of hydrogen-bond acceptors (Lipinski definition) is 4. The van der Waals surface area contributed by atoms with Crippen LogP contribution in [0.15, 0.2) is 24.4 Å². The fourth-order valence-corrected chi connectivity index (χ4v) is 4.27. The highest BCUT2D eigenvalue weighted by atomic mass is 16.5. The molecular weight excluding hydrogens is 352 g/mol. The standard InChI is InChI=1S/C22H32N4O2/c1-17(2)25-7-9-26(10-8-25)22(27)18-4-5-20-19(15-23-21(20)14-18)16-24-6-3-12-28-13-11-24/h4-5,14-15,17,23H,3,6-13,16H2,1-2H3. The average Bonchev–Trinajstić information content (AvgIpc) is 2.93. The Morgan fingerprint density at radius 3 is 2.71 bits per heavy atom. The van der Waals surface area contributed by atoms with Crippen molar-refractivity contribution < 1.29 is 9.53 Å². The third-order valence-electron chi connectivity index (χ3n) is 6.05. The second kappa shape index (κ2) is 8.64. The minimum Gasteiger partial charge on any atom is -0.380 e. The van der Waals surface area contributed by atoms with E-state index in [4.69, 9.17) is 4.74 Å². The van der Waals surface area contributed by atoms with Gasteiger partial charge in [-0.2, -0.15) is 0 Å². The van der Waals surface area contributed by atoms with Gasteiger partial charge in [-0.1, -0.05) is 6.07 Å². The molecule has 152 valence electrons. The highest BCUT2D eigenvalue weighted by Crippen LogP contribution is 2.23. The summed E-state index contributed by atoms with van der Waals surface area (Å²) in [6.07, 6.45) is 3.18. The van der Waals surface area contributed by atoms with Gasteiger partial charge >= 0.3 is 0 Å². The molecule has 3 heterocycles. The summed E-state index contributed by atoms with van der Waals surface area (Å²) in [6.45, 7) is 12.6. The number of piperazine rings is 1. The number of aromatic nitrogens is 1. The minimum absolute atomic E-state index is 0.145. The summed E-state index contributed by atoms with van der Waals surface area (Å²) in [7, 11) is 0. The lowest BCUT2D eigenvalue weighted by Gasteiger charge is -2.37. The van der Waals surface area contributed by atoms with Gasteiger partial charge in [0.2, 0.25) is 0 Å². The monoisotopic (exact) mass is 384 g/mol. The van der Waals surface area contributed by atoms with E-state index in [2.05, 4.69) is 40.9 Å². The molecule has 0 spiro atoms. The lowest BCUT2D eigenvalue weighted by Crippen LogP contribution is -2.50. The molecule has 2 saturated heterocycles. The van der Waals surface area contributed by atoms with E-state index in [0.717, 1.165) is 76.5 Å². The largest absolute Gasteiger partial charge is 0.380 e. The van der Waals surface area contributed by atoms with Crippen molar-refractivity contribution in [3.63, 3.8) is 0 Å².